The van der Waals surface area contributed by atoms with Gasteiger partial charge in [-0.05, 0) is 18.6 Å². The number of nitrogens with two attached hydrogens (primary N) is 1. The summed E-state index contributed by atoms with van der Waals surface area (Å²) in [4.78, 5) is 30.7. The number of carbonyl (C=O) groups is 2. The van der Waals surface area contributed by atoms with Gasteiger partial charge in [0.05, 0.1) is 25.2 Å². The number of methoxy groups -OCH3 is 1. The fourth-order valence-electron chi connectivity index (χ4n) is 2.27. The van der Waals surface area contributed by atoms with Crippen LogP contribution < -0.4 is 21.1 Å². The molecule has 0 saturated carbocycles. The first-order valence-corrected chi connectivity index (χ1v) is 8.05. The molecule has 0 aliphatic heterocycles. The molecule has 1 heterocycles. The van der Waals surface area contributed by atoms with E-state index in [1.54, 1.807) is 24.4 Å². The Kier molecular flexibility index (Phi) is 6.53. The second-order valence-electron chi connectivity index (χ2n) is 5.59. The quantitative estimate of drug-likeness (QED) is 0.579. The zero-order chi connectivity index (χ0) is 18.2. The van der Waals surface area contributed by atoms with Crippen LogP contribution in [0.15, 0.2) is 30.7 Å². The number of imidazole rings is 1. The summed E-state index contributed by atoms with van der Waals surface area (Å²) in [5.41, 5.74) is 7.79. The summed E-state index contributed by atoms with van der Waals surface area (Å²) >= 11 is 0. The number of benzene rings is 1. The number of nitrogens with zero attached hydrogens (tertiary/aromatic N) is 1. The Morgan fingerprint density at radius 1 is 1.36 bits per heavy atom. The molecule has 1 aromatic heterocycles. The van der Waals surface area contributed by atoms with Crippen molar-refractivity contribution < 1.29 is 14.3 Å². The predicted octanol–water partition coefficient (Wildman–Crippen LogP) is 1.67. The van der Waals surface area contributed by atoms with Gasteiger partial charge < -0.3 is 26.1 Å². The van der Waals surface area contributed by atoms with Crippen molar-refractivity contribution in [2.24, 2.45) is 5.73 Å². The van der Waals surface area contributed by atoms with E-state index in [0.29, 0.717) is 30.0 Å². The Hall–Kier alpha value is -2.87. The number of aromatic nitrogens is 2. The maximum absolute atomic E-state index is 12.2. The molecule has 2 rings (SSSR count). The highest BCUT2D eigenvalue weighted by Gasteiger charge is 2.16. The average Bonchev–Trinajstić information content (AvgIpc) is 3.09. The van der Waals surface area contributed by atoms with Gasteiger partial charge >= 0.3 is 0 Å². The van der Waals surface area contributed by atoms with Gasteiger partial charge in [-0.15, -0.1) is 0 Å². The van der Waals surface area contributed by atoms with Crippen LogP contribution in [0.4, 0.5) is 11.4 Å². The number of carbonyl (C=O) groups excluding carboxylic acids is 2. The van der Waals surface area contributed by atoms with Crippen molar-refractivity contribution in [3.63, 3.8) is 0 Å². The summed E-state index contributed by atoms with van der Waals surface area (Å²) in [5.74, 6) is 0.0583. The second-order valence-corrected chi connectivity index (χ2v) is 5.59. The van der Waals surface area contributed by atoms with Gasteiger partial charge in [0, 0.05) is 36.5 Å². The fourth-order valence-corrected chi connectivity index (χ4v) is 2.27. The Morgan fingerprint density at radius 3 is 2.80 bits per heavy atom. The molecule has 8 heteroatoms. The van der Waals surface area contributed by atoms with Gasteiger partial charge in [-0.25, -0.2) is 4.98 Å². The first-order chi connectivity index (χ1) is 12.0. The predicted molar refractivity (Wildman–Crippen MR) is 95.4 cm³/mol. The molecule has 0 aliphatic rings. The molecule has 1 atom stereocenters. The van der Waals surface area contributed by atoms with E-state index in [-0.39, 0.29) is 11.8 Å². The molecule has 0 saturated heterocycles. The Balaban J connectivity index is 2.01. The van der Waals surface area contributed by atoms with E-state index in [4.69, 9.17) is 10.5 Å². The summed E-state index contributed by atoms with van der Waals surface area (Å²) in [6.45, 7) is 1.93. The first kappa shape index (κ1) is 18.5. The minimum atomic E-state index is -0.713. The van der Waals surface area contributed by atoms with Gasteiger partial charge in [0.1, 0.15) is 5.75 Å². The molecule has 25 heavy (non-hydrogen) atoms. The Bertz CT molecular complexity index is 715. The van der Waals surface area contributed by atoms with Crippen LogP contribution in [0.3, 0.4) is 0 Å². The third-order valence-corrected chi connectivity index (χ3v) is 3.55. The fraction of sp³-hybridized carbons (Fsp3) is 0.353. The number of amides is 2. The summed E-state index contributed by atoms with van der Waals surface area (Å²) < 4.78 is 5.28. The first-order valence-electron chi connectivity index (χ1n) is 8.05. The average molecular weight is 345 g/mol. The number of rotatable bonds is 8. The molecule has 2 aromatic rings. The minimum absolute atomic E-state index is 0.0841. The van der Waals surface area contributed by atoms with E-state index >= 15 is 0 Å². The maximum atomic E-state index is 12.2. The van der Waals surface area contributed by atoms with Gasteiger partial charge in [-0.2, -0.15) is 0 Å². The van der Waals surface area contributed by atoms with Crippen molar-refractivity contribution in [2.75, 3.05) is 17.7 Å². The van der Waals surface area contributed by atoms with Gasteiger partial charge in [0.25, 0.3) is 0 Å². The van der Waals surface area contributed by atoms with Crippen LogP contribution >= 0.6 is 0 Å². The van der Waals surface area contributed by atoms with Crippen molar-refractivity contribution in [3.05, 3.63) is 36.4 Å². The van der Waals surface area contributed by atoms with E-state index in [2.05, 4.69) is 20.6 Å². The zero-order valence-corrected chi connectivity index (χ0v) is 14.3. The third-order valence-electron chi connectivity index (χ3n) is 3.55. The number of hydrogen-bond acceptors (Lipinski definition) is 5. The highest BCUT2D eigenvalue weighted by atomic mass is 16.5. The highest BCUT2D eigenvalue weighted by molar-refractivity contribution is 5.96. The van der Waals surface area contributed by atoms with Crippen LogP contribution in [0, 0.1) is 0 Å². The zero-order valence-electron chi connectivity index (χ0n) is 14.3. The van der Waals surface area contributed by atoms with Crippen molar-refractivity contribution in [2.45, 2.75) is 32.2 Å². The van der Waals surface area contributed by atoms with Crippen molar-refractivity contribution in [3.8, 4) is 5.75 Å². The SMILES string of the molecule is CCCC(=O)Nc1ccc(NC(=O)C(N)Cc2cnc[nH]2)cc1OC. The van der Waals surface area contributed by atoms with E-state index in [1.165, 1.54) is 13.4 Å². The molecule has 0 spiro atoms. The van der Waals surface area contributed by atoms with Crippen LogP contribution in [0.5, 0.6) is 5.75 Å². The Labute approximate surface area is 146 Å². The molecule has 0 aliphatic carbocycles. The number of hydrogen-bond donors (Lipinski definition) is 4. The molecule has 0 bridgehead atoms. The molecule has 2 amide bonds. The van der Waals surface area contributed by atoms with Gasteiger partial charge in [0.15, 0.2) is 0 Å². The highest BCUT2D eigenvalue weighted by Crippen LogP contribution is 2.28. The van der Waals surface area contributed by atoms with Crippen molar-refractivity contribution in [1.82, 2.24) is 9.97 Å². The standard InChI is InChI=1S/C17H23N5O3/c1-3-4-16(23)22-14-6-5-11(8-15(14)25-2)21-17(24)13(18)7-12-9-19-10-20-12/h5-6,8-10,13H,3-4,7,18H2,1-2H3,(H,19,20)(H,21,24)(H,22,23). The summed E-state index contributed by atoms with van der Waals surface area (Å²) in [7, 11) is 1.50. The number of aromatic amines is 1. The van der Waals surface area contributed by atoms with Crippen LogP contribution in [0.2, 0.25) is 0 Å². The van der Waals surface area contributed by atoms with E-state index < -0.39 is 6.04 Å². The molecule has 5 N–H and O–H groups in total. The van der Waals surface area contributed by atoms with E-state index in [9.17, 15) is 9.59 Å². The van der Waals surface area contributed by atoms with Gasteiger partial charge in [-0.1, -0.05) is 6.92 Å². The largest absolute Gasteiger partial charge is 0.494 e. The topological polar surface area (TPSA) is 122 Å². The van der Waals surface area contributed by atoms with Crippen molar-refractivity contribution >= 4 is 23.2 Å². The summed E-state index contributed by atoms with van der Waals surface area (Å²) in [6, 6.07) is 4.30. The Morgan fingerprint density at radius 2 is 2.16 bits per heavy atom. The van der Waals surface area contributed by atoms with Crippen LogP contribution in [0.1, 0.15) is 25.5 Å². The van der Waals surface area contributed by atoms with Crippen LogP contribution in [0.25, 0.3) is 0 Å². The lowest BCUT2D eigenvalue weighted by molar-refractivity contribution is -0.117. The molecule has 134 valence electrons. The number of nitrogens with one attached hydrogen (secondary N) is 3. The maximum Gasteiger partial charge on any atom is 0.241 e. The second kappa shape index (κ2) is 8.84. The smallest absolute Gasteiger partial charge is 0.241 e. The molecule has 0 fully saturated rings. The lowest BCUT2D eigenvalue weighted by Crippen LogP contribution is -2.37. The molecule has 1 aromatic carbocycles. The molecular formula is C17H23N5O3. The third kappa shape index (κ3) is 5.32. The molecule has 1 unspecified atom stereocenters. The lowest BCUT2D eigenvalue weighted by Gasteiger charge is -2.14. The van der Waals surface area contributed by atoms with Gasteiger partial charge in [-0.3, -0.25) is 9.59 Å². The summed E-state index contributed by atoms with van der Waals surface area (Å²) in [6.07, 6.45) is 4.72. The number of H-pyrrole nitrogens is 1. The van der Waals surface area contributed by atoms with Crippen molar-refractivity contribution in [1.29, 1.82) is 0 Å². The van der Waals surface area contributed by atoms with Crippen LogP contribution in [-0.4, -0.2) is 34.9 Å². The minimum Gasteiger partial charge on any atom is -0.494 e. The normalized spacial score (nSPS) is 11.6. The van der Waals surface area contributed by atoms with Crippen LogP contribution in [-0.2, 0) is 16.0 Å². The molecule has 0 radical (unpaired) electrons. The summed E-state index contributed by atoms with van der Waals surface area (Å²) in [5, 5.41) is 5.53. The van der Waals surface area contributed by atoms with Gasteiger partial charge in [0.2, 0.25) is 11.8 Å². The van der Waals surface area contributed by atoms with E-state index in [0.717, 1.165) is 12.1 Å². The lowest BCUT2D eigenvalue weighted by atomic mass is 10.1. The van der Waals surface area contributed by atoms with E-state index in [1.807, 2.05) is 6.92 Å². The molecular weight excluding hydrogens is 322 g/mol. The number of ether oxygens (including phenoxy) is 1. The molecule has 8 nitrogen and oxygen atoms in total. The monoisotopic (exact) mass is 345 g/mol. The number of anilines is 2.